The molecule has 0 aliphatic carbocycles. The quantitative estimate of drug-likeness (QED) is 0.755. The van der Waals surface area contributed by atoms with Crippen molar-refractivity contribution in [3.63, 3.8) is 0 Å². The third kappa shape index (κ3) is 4.22. The van der Waals surface area contributed by atoms with Gasteiger partial charge in [0.1, 0.15) is 5.75 Å². The molecule has 112 valence electrons. The molecule has 1 atom stereocenters. The Balaban J connectivity index is 2.24. The highest BCUT2D eigenvalue weighted by molar-refractivity contribution is 7.98. The van der Waals surface area contributed by atoms with E-state index in [0.717, 1.165) is 29.2 Å². The van der Waals surface area contributed by atoms with Gasteiger partial charge in [0.25, 0.3) is 0 Å². The van der Waals surface area contributed by atoms with Gasteiger partial charge in [-0.2, -0.15) is 0 Å². The van der Waals surface area contributed by atoms with Crippen molar-refractivity contribution in [3.05, 3.63) is 48.2 Å². The zero-order valence-corrected chi connectivity index (χ0v) is 13.6. The van der Waals surface area contributed by atoms with Crippen LogP contribution >= 0.6 is 11.8 Å². The van der Waals surface area contributed by atoms with E-state index in [1.165, 1.54) is 0 Å². The smallest absolute Gasteiger partial charge is 0.224 e. The number of thioether (sulfide) groups is 1. The summed E-state index contributed by atoms with van der Waals surface area (Å²) >= 11 is 1.67. The second-order valence-electron chi connectivity index (χ2n) is 4.83. The fourth-order valence-electron chi connectivity index (χ4n) is 2.10. The zero-order chi connectivity index (χ0) is 15.1. The van der Waals surface area contributed by atoms with Crippen molar-refractivity contribution < 1.29 is 4.74 Å². The third-order valence-corrected chi connectivity index (χ3v) is 4.02. The molecule has 1 aromatic carbocycles. The normalized spacial score (nSPS) is 12.1. The lowest BCUT2D eigenvalue weighted by Crippen LogP contribution is -2.20. The van der Waals surface area contributed by atoms with Gasteiger partial charge >= 0.3 is 0 Å². The van der Waals surface area contributed by atoms with Crippen LogP contribution in [-0.2, 0) is 0 Å². The van der Waals surface area contributed by atoms with Crippen LogP contribution in [0.2, 0.25) is 0 Å². The number of rotatable bonds is 7. The van der Waals surface area contributed by atoms with E-state index >= 15 is 0 Å². The second-order valence-corrected chi connectivity index (χ2v) is 5.67. The lowest BCUT2D eigenvalue weighted by molar-refractivity contribution is 0.433. The average Bonchev–Trinajstić information content (AvgIpc) is 2.53. The Morgan fingerprint density at radius 3 is 2.81 bits per heavy atom. The van der Waals surface area contributed by atoms with E-state index in [4.69, 9.17) is 4.74 Å². The third-order valence-electron chi connectivity index (χ3n) is 3.24. The highest BCUT2D eigenvalue weighted by atomic mass is 32.2. The van der Waals surface area contributed by atoms with Crippen LogP contribution in [0.5, 0.6) is 11.6 Å². The van der Waals surface area contributed by atoms with E-state index in [1.54, 1.807) is 18.0 Å². The summed E-state index contributed by atoms with van der Waals surface area (Å²) in [5, 5.41) is 3.48. The predicted molar refractivity (Wildman–Crippen MR) is 89.2 cm³/mol. The monoisotopic (exact) mass is 302 g/mol. The molecule has 4 heteroatoms. The van der Waals surface area contributed by atoms with Crippen LogP contribution in [-0.4, -0.2) is 17.8 Å². The average molecular weight is 302 g/mol. The van der Waals surface area contributed by atoms with E-state index in [0.29, 0.717) is 5.88 Å². The van der Waals surface area contributed by atoms with Gasteiger partial charge in [-0.3, -0.25) is 0 Å². The molecule has 1 unspecified atom stereocenters. The van der Waals surface area contributed by atoms with Crippen LogP contribution in [0, 0.1) is 0 Å². The number of hydrogen-bond donors (Lipinski definition) is 1. The molecule has 0 bridgehead atoms. The van der Waals surface area contributed by atoms with Crippen molar-refractivity contribution >= 4 is 11.8 Å². The number of aromatic nitrogens is 1. The Morgan fingerprint density at radius 1 is 1.24 bits per heavy atom. The maximum Gasteiger partial charge on any atom is 0.224 e. The Bertz CT molecular complexity index is 574. The molecular formula is C17H22N2OS. The Labute approximate surface area is 131 Å². The summed E-state index contributed by atoms with van der Waals surface area (Å²) in [7, 11) is 0. The fourth-order valence-corrected chi connectivity index (χ4v) is 2.62. The Morgan fingerprint density at radius 2 is 2.05 bits per heavy atom. The van der Waals surface area contributed by atoms with Gasteiger partial charge in [0, 0.05) is 22.7 Å². The molecule has 0 radical (unpaired) electrons. The lowest BCUT2D eigenvalue weighted by Gasteiger charge is -2.17. The first kappa shape index (κ1) is 15.9. The summed E-state index contributed by atoms with van der Waals surface area (Å²) < 4.78 is 6.06. The van der Waals surface area contributed by atoms with Crippen LogP contribution in [0.1, 0.15) is 31.9 Å². The summed E-state index contributed by atoms with van der Waals surface area (Å²) in [6, 6.07) is 12.3. The molecule has 21 heavy (non-hydrogen) atoms. The zero-order valence-electron chi connectivity index (χ0n) is 12.8. The molecule has 2 aromatic rings. The van der Waals surface area contributed by atoms with Crippen LogP contribution in [0.3, 0.4) is 0 Å². The number of para-hydroxylation sites is 1. The Kier molecular flexibility index (Phi) is 6.08. The van der Waals surface area contributed by atoms with Gasteiger partial charge in [0.15, 0.2) is 0 Å². The van der Waals surface area contributed by atoms with Gasteiger partial charge in [-0.15, -0.1) is 11.8 Å². The summed E-state index contributed by atoms with van der Waals surface area (Å²) in [5.41, 5.74) is 1.09. The van der Waals surface area contributed by atoms with E-state index in [-0.39, 0.29) is 6.04 Å². The molecule has 0 aliphatic heterocycles. The minimum atomic E-state index is 0.218. The highest BCUT2D eigenvalue weighted by Crippen LogP contribution is 2.33. The Hall–Kier alpha value is -1.52. The number of benzene rings is 1. The molecular weight excluding hydrogens is 280 g/mol. The van der Waals surface area contributed by atoms with E-state index < -0.39 is 0 Å². The number of hydrogen-bond acceptors (Lipinski definition) is 4. The molecule has 0 spiro atoms. The molecule has 1 aromatic heterocycles. The minimum absolute atomic E-state index is 0.218. The van der Waals surface area contributed by atoms with Crippen molar-refractivity contribution in [2.75, 3.05) is 12.8 Å². The molecule has 0 amide bonds. The van der Waals surface area contributed by atoms with Gasteiger partial charge in [-0.25, -0.2) is 4.98 Å². The molecule has 0 saturated carbocycles. The highest BCUT2D eigenvalue weighted by Gasteiger charge is 2.13. The maximum absolute atomic E-state index is 6.06. The first-order chi connectivity index (χ1) is 10.3. The topological polar surface area (TPSA) is 34.2 Å². The van der Waals surface area contributed by atoms with Crippen molar-refractivity contribution in [3.8, 4) is 11.6 Å². The molecule has 0 saturated heterocycles. The number of ether oxygens (including phenoxy) is 1. The fraction of sp³-hybridized carbons (Fsp3) is 0.353. The molecule has 3 nitrogen and oxygen atoms in total. The predicted octanol–water partition coefficient (Wildman–Crippen LogP) is 4.66. The molecule has 0 fully saturated rings. The van der Waals surface area contributed by atoms with Crippen LogP contribution < -0.4 is 10.1 Å². The van der Waals surface area contributed by atoms with Gasteiger partial charge < -0.3 is 10.1 Å². The molecule has 1 heterocycles. The first-order valence-electron chi connectivity index (χ1n) is 7.25. The van der Waals surface area contributed by atoms with Crippen LogP contribution in [0.15, 0.2) is 47.5 Å². The standard InChI is InChI=1S/C17H22N2OS/c1-4-11-18-13(2)14-8-7-12-19-17(14)20-15-9-5-6-10-16(15)21-3/h5-10,12-13,18H,4,11H2,1-3H3. The van der Waals surface area contributed by atoms with Crippen molar-refractivity contribution in [1.29, 1.82) is 0 Å². The largest absolute Gasteiger partial charge is 0.438 e. The lowest BCUT2D eigenvalue weighted by atomic mass is 10.1. The van der Waals surface area contributed by atoms with Crippen molar-refractivity contribution in [2.24, 2.45) is 0 Å². The molecule has 0 aliphatic rings. The summed E-state index contributed by atoms with van der Waals surface area (Å²) in [5.74, 6) is 1.53. The summed E-state index contributed by atoms with van der Waals surface area (Å²) in [4.78, 5) is 5.52. The van der Waals surface area contributed by atoms with Gasteiger partial charge in [-0.05, 0) is 44.3 Å². The van der Waals surface area contributed by atoms with E-state index in [9.17, 15) is 0 Å². The molecule has 2 rings (SSSR count). The van der Waals surface area contributed by atoms with Crippen molar-refractivity contribution in [2.45, 2.75) is 31.2 Å². The number of pyridine rings is 1. The number of nitrogens with zero attached hydrogens (tertiary/aromatic N) is 1. The van der Waals surface area contributed by atoms with Gasteiger partial charge in [0.2, 0.25) is 5.88 Å². The minimum Gasteiger partial charge on any atom is -0.438 e. The van der Waals surface area contributed by atoms with E-state index in [2.05, 4.69) is 36.3 Å². The van der Waals surface area contributed by atoms with Gasteiger partial charge in [-0.1, -0.05) is 25.1 Å². The SMILES string of the molecule is CCCNC(C)c1cccnc1Oc1ccccc1SC. The number of nitrogens with one attached hydrogen (secondary N) is 1. The summed E-state index contributed by atoms with van der Waals surface area (Å²) in [6.07, 6.45) is 4.93. The van der Waals surface area contributed by atoms with Crippen molar-refractivity contribution in [1.82, 2.24) is 10.3 Å². The van der Waals surface area contributed by atoms with Crippen LogP contribution in [0.25, 0.3) is 0 Å². The van der Waals surface area contributed by atoms with E-state index in [1.807, 2.05) is 30.5 Å². The van der Waals surface area contributed by atoms with Gasteiger partial charge in [0.05, 0.1) is 0 Å². The maximum atomic E-state index is 6.06. The van der Waals surface area contributed by atoms with Crippen LogP contribution in [0.4, 0.5) is 0 Å². The second kappa shape index (κ2) is 8.05. The first-order valence-corrected chi connectivity index (χ1v) is 8.48. The summed E-state index contributed by atoms with van der Waals surface area (Å²) in [6.45, 7) is 5.28. The molecule has 1 N–H and O–H groups in total.